The van der Waals surface area contributed by atoms with E-state index in [9.17, 15) is 9.59 Å². The quantitative estimate of drug-likeness (QED) is 0.541. The molecule has 0 N–H and O–H groups in total. The van der Waals surface area contributed by atoms with Gasteiger partial charge < -0.3 is 14.5 Å². The lowest BCUT2D eigenvalue weighted by molar-refractivity contribution is -0.131. The van der Waals surface area contributed by atoms with Crippen LogP contribution in [0.3, 0.4) is 0 Å². The van der Waals surface area contributed by atoms with E-state index in [1.54, 1.807) is 12.1 Å². The molecule has 0 spiro atoms. The first-order valence-corrected chi connectivity index (χ1v) is 9.67. The molecule has 28 heavy (non-hydrogen) atoms. The molecule has 3 rings (SSSR count). The van der Waals surface area contributed by atoms with Crippen molar-refractivity contribution in [2.24, 2.45) is 0 Å². The van der Waals surface area contributed by atoms with Gasteiger partial charge in [0.15, 0.2) is 0 Å². The highest BCUT2D eigenvalue weighted by atomic mass is 16.5. The standard InChI is InChI=1S/C23H26N2O3/c1-4-24(5-2)14-15-25-22(20-8-6-7-9-21(20)23(25)27)16-18-10-12-19(13-11-18)28-17(3)26/h6-13,16H,4-5,14-15H2,1-3H3/b22-16+. The Morgan fingerprint density at radius 3 is 2.29 bits per heavy atom. The van der Waals surface area contributed by atoms with Gasteiger partial charge in [-0.15, -0.1) is 0 Å². The van der Waals surface area contributed by atoms with Gasteiger partial charge in [-0.1, -0.05) is 44.2 Å². The molecule has 0 atom stereocenters. The van der Waals surface area contributed by atoms with Gasteiger partial charge >= 0.3 is 5.97 Å². The summed E-state index contributed by atoms with van der Waals surface area (Å²) in [6.45, 7) is 9.04. The van der Waals surface area contributed by atoms with E-state index in [1.807, 2.05) is 47.4 Å². The maximum Gasteiger partial charge on any atom is 0.308 e. The van der Waals surface area contributed by atoms with Crippen LogP contribution in [-0.4, -0.2) is 47.9 Å². The topological polar surface area (TPSA) is 49.9 Å². The van der Waals surface area contributed by atoms with E-state index >= 15 is 0 Å². The van der Waals surface area contributed by atoms with E-state index in [0.29, 0.717) is 12.3 Å². The second kappa shape index (κ2) is 8.85. The molecule has 0 unspecified atom stereocenters. The normalized spacial score (nSPS) is 14.6. The zero-order valence-corrected chi connectivity index (χ0v) is 16.6. The van der Waals surface area contributed by atoms with Crippen LogP contribution in [0.25, 0.3) is 11.8 Å². The van der Waals surface area contributed by atoms with E-state index in [-0.39, 0.29) is 11.9 Å². The highest BCUT2D eigenvalue weighted by Crippen LogP contribution is 2.34. The molecule has 0 saturated heterocycles. The summed E-state index contributed by atoms with van der Waals surface area (Å²) >= 11 is 0. The lowest BCUT2D eigenvalue weighted by Crippen LogP contribution is -2.34. The van der Waals surface area contributed by atoms with Crippen LogP contribution in [0.1, 0.15) is 42.3 Å². The molecule has 0 saturated carbocycles. The molecule has 1 aliphatic rings. The monoisotopic (exact) mass is 378 g/mol. The molecule has 5 heteroatoms. The van der Waals surface area contributed by atoms with Gasteiger partial charge in [0.2, 0.25) is 0 Å². The minimum atomic E-state index is -0.344. The summed E-state index contributed by atoms with van der Waals surface area (Å²) < 4.78 is 5.09. The number of benzene rings is 2. The molecule has 5 nitrogen and oxygen atoms in total. The number of hydrogen-bond acceptors (Lipinski definition) is 4. The predicted octanol–water partition coefficient (Wildman–Crippen LogP) is 3.91. The number of rotatable bonds is 7. The number of nitrogens with zero attached hydrogens (tertiary/aromatic N) is 2. The van der Waals surface area contributed by atoms with Gasteiger partial charge in [0.1, 0.15) is 5.75 Å². The average Bonchev–Trinajstić information content (AvgIpc) is 2.96. The van der Waals surface area contributed by atoms with Crippen molar-refractivity contribution in [3.8, 4) is 5.75 Å². The van der Waals surface area contributed by atoms with Crippen molar-refractivity contribution < 1.29 is 14.3 Å². The molecule has 0 bridgehead atoms. The smallest absolute Gasteiger partial charge is 0.308 e. The molecule has 1 heterocycles. The lowest BCUT2D eigenvalue weighted by Gasteiger charge is -2.24. The predicted molar refractivity (Wildman–Crippen MR) is 111 cm³/mol. The van der Waals surface area contributed by atoms with Crippen molar-refractivity contribution in [3.05, 3.63) is 65.2 Å². The lowest BCUT2D eigenvalue weighted by atomic mass is 10.1. The van der Waals surface area contributed by atoms with Gasteiger partial charge in [-0.25, -0.2) is 0 Å². The largest absolute Gasteiger partial charge is 0.427 e. The summed E-state index contributed by atoms with van der Waals surface area (Å²) in [5.74, 6) is 0.213. The summed E-state index contributed by atoms with van der Waals surface area (Å²) in [5, 5.41) is 0. The minimum absolute atomic E-state index is 0.0468. The van der Waals surface area contributed by atoms with E-state index in [1.165, 1.54) is 6.92 Å². The van der Waals surface area contributed by atoms with E-state index in [2.05, 4.69) is 18.7 Å². The molecule has 0 radical (unpaired) electrons. The van der Waals surface area contributed by atoms with Crippen LogP contribution in [0.5, 0.6) is 5.75 Å². The van der Waals surface area contributed by atoms with Crippen molar-refractivity contribution in [1.82, 2.24) is 9.80 Å². The first-order valence-electron chi connectivity index (χ1n) is 9.67. The zero-order chi connectivity index (χ0) is 20.1. The Kier molecular flexibility index (Phi) is 6.26. The summed E-state index contributed by atoms with van der Waals surface area (Å²) in [6, 6.07) is 15.0. The number of likely N-dealkylation sites (N-methyl/N-ethyl adjacent to an activating group) is 1. The second-order valence-corrected chi connectivity index (χ2v) is 6.72. The number of ether oxygens (including phenoxy) is 1. The van der Waals surface area contributed by atoms with Crippen LogP contribution in [0.2, 0.25) is 0 Å². The second-order valence-electron chi connectivity index (χ2n) is 6.72. The molecule has 2 aromatic carbocycles. The fourth-order valence-corrected chi connectivity index (χ4v) is 3.41. The number of fused-ring (bicyclic) bond motifs is 1. The van der Waals surface area contributed by atoms with Crippen molar-refractivity contribution >= 4 is 23.6 Å². The van der Waals surface area contributed by atoms with Crippen LogP contribution in [0.4, 0.5) is 0 Å². The van der Waals surface area contributed by atoms with Crippen LogP contribution in [0.15, 0.2) is 48.5 Å². The summed E-state index contributed by atoms with van der Waals surface area (Å²) in [7, 11) is 0. The first-order chi connectivity index (χ1) is 13.5. The number of hydrogen-bond donors (Lipinski definition) is 0. The Morgan fingerprint density at radius 2 is 1.68 bits per heavy atom. The Labute approximate surface area is 166 Å². The minimum Gasteiger partial charge on any atom is -0.427 e. The van der Waals surface area contributed by atoms with Crippen LogP contribution >= 0.6 is 0 Å². The van der Waals surface area contributed by atoms with Gasteiger partial charge in [-0.3, -0.25) is 9.59 Å². The van der Waals surface area contributed by atoms with Gasteiger partial charge in [-0.2, -0.15) is 0 Å². The highest BCUT2D eigenvalue weighted by Gasteiger charge is 2.31. The summed E-state index contributed by atoms with van der Waals surface area (Å²) in [4.78, 5) is 28.2. The molecule has 1 aliphatic heterocycles. The van der Waals surface area contributed by atoms with Crippen LogP contribution in [0, 0.1) is 0 Å². The van der Waals surface area contributed by atoms with Crippen molar-refractivity contribution in [1.29, 1.82) is 0 Å². The van der Waals surface area contributed by atoms with Gasteiger partial charge in [0, 0.05) is 31.1 Å². The van der Waals surface area contributed by atoms with Crippen molar-refractivity contribution in [2.75, 3.05) is 26.2 Å². The molecular weight excluding hydrogens is 352 g/mol. The first kappa shape index (κ1) is 19.8. The maximum absolute atomic E-state index is 13.0. The van der Waals surface area contributed by atoms with Gasteiger partial charge in [0.05, 0.1) is 5.70 Å². The molecule has 0 aliphatic carbocycles. The van der Waals surface area contributed by atoms with E-state index in [4.69, 9.17) is 4.74 Å². The molecule has 2 aromatic rings. The third-order valence-electron chi connectivity index (χ3n) is 4.95. The molecule has 1 amide bonds. The number of carbonyl (C=O) groups excluding carboxylic acids is 2. The summed E-state index contributed by atoms with van der Waals surface area (Å²) in [5.41, 5.74) is 3.55. The molecule has 0 aromatic heterocycles. The third-order valence-corrected chi connectivity index (χ3v) is 4.95. The fraction of sp³-hybridized carbons (Fsp3) is 0.304. The van der Waals surface area contributed by atoms with Gasteiger partial charge in [-0.05, 0) is 42.9 Å². The number of amides is 1. The Bertz CT molecular complexity index is 883. The Morgan fingerprint density at radius 1 is 1.04 bits per heavy atom. The number of carbonyl (C=O) groups is 2. The van der Waals surface area contributed by atoms with E-state index in [0.717, 1.165) is 42.0 Å². The SMILES string of the molecule is CCN(CC)CCN1C(=O)c2ccccc2/C1=C\c1ccc(OC(C)=O)cc1. The fourth-order valence-electron chi connectivity index (χ4n) is 3.41. The third kappa shape index (κ3) is 4.31. The molecular formula is C23H26N2O3. The maximum atomic E-state index is 13.0. The Balaban J connectivity index is 1.90. The molecule has 0 fully saturated rings. The van der Waals surface area contributed by atoms with Crippen molar-refractivity contribution in [3.63, 3.8) is 0 Å². The average molecular weight is 378 g/mol. The van der Waals surface area contributed by atoms with Crippen LogP contribution in [-0.2, 0) is 4.79 Å². The van der Waals surface area contributed by atoms with E-state index < -0.39 is 0 Å². The number of esters is 1. The van der Waals surface area contributed by atoms with Gasteiger partial charge in [0.25, 0.3) is 5.91 Å². The summed E-state index contributed by atoms with van der Waals surface area (Å²) in [6.07, 6.45) is 2.02. The zero-order valence-electron chi connectivity index (χ0n) is 16.6. The van der Waals surface area contributed by atoms with Crippen molar-refractivity contribution in [2.45, 2.75) is 20.8 Å². The highest BCUT2D eigenvalue weighted by molar-refractivity contribution is 6.11. The van der Waals surface area contributed by atoms with Crippen LogP contribution < -0.4 is 4.74 Å². The Hall–Kier alpha value is -2.92. The molecule has 146 valence electrons.